The zero-order valence-corrected chi connectivity index (χ0v) is 20.6. The lowest BCUT2D eigenvalue weighted by Crippen LogP contribution is -2.41. The minimum Gasteiger partial charge on any atom is -0.481 e. The van der Waals surface area contributed by atoms with E-state index >= 15 is 0 Å². The monoisotopic (exact) mass is 508 g/mol. The standard InChI is InChI=1S/C21H33BrO9/c1-11(23)19(2,3)8-12(15(24)25)20(4,5)9-13(22)17(28)31-14(16(26)27)10-21(6,7)18(29)30/h12-14H,8-10H2,1-7H3,(H,24,25)(H,26,27)(H,29,30). The van der Waals surface area contributed by atoms with Crippen LogP contribution in [-0.2, 0) is 28.7 Å². The molecule has 9 nitrogen and oxygen atoms in total. The predicted octanol–water partition coefficient (Wildman–Crippen LogP) is 3.37. The number of carbonyl (C=O) groups excluding carboxylic acids is 2. The molecule has 31 heavy (non-hydrogen) atoms. The Morgan fingerprint density at radius 3 is 1.65 bits per heavy atom. The van der Waals surface area contributed by atoms with E-state index in [1.54, 1.807) is 27.7 Å². The molecule has 0 aliphatic rings. The van der Waals surface area contributed by atoms with E-state index in [-0.39, 0.29) is 18.6 Å². The third-order valence-electron chi connectivity index (χ3n) is 5.68. The van der Waals surface area contributed by atoms with Crippen LogP contribution in [0.25, 0.3) is 0 Å². The zero-order chi connectivity index (χ0) is 24.9. The molecular weight excluding hydrogens is 476 g/mol. The number of hydrogen-bond acceptors (Lipinski definition) is 6. The molecule has 0 heterocycles. The number of hydrogen-bond donors (Lipinski definition) is 3. The highest BCUT2D eigenvalue weighted by atomic mass is 79.9. The summed E-state index contributed by atoms with van der Waals surface area (Å²) >= 11 is 3.15. The Morgan fingerprint density at radius 1 is 0.806 bits per heavy atom. The van der Waals surface area contributed by atoms with Crippen molar-refractivity contribution in [1.29, 1.82) is 0 Å². The van der Waals surface area contributed by atoms with Crippen LogP contribution in [-0.4, -0.2) is 55.9 Å². The number of carboxylic acid groups (broad SMARTS) is 3. The SMILES string of the molecule is CC(=O)C(C)(C)CC(C(=O)O)C(C)(C)CC(Br)C(=O)OC(CC(C)(C)C(=O)O)C(=O)O. The summed E-state index contributed by atoms with van der Waals surface area (Å²) in [4.78, 5) is 58.0. The molecule has 0 spiro atoms. The molecule has 0 amide bonds. The first kappa shape index (κ1) is 29.0. The number of alkyl halides is 1. The number of ether oxygens (including phenoxy) is 1. The van der Waals surface area contributed by atoms with E-state index in [9.17, 15) is 39.3 Å². The molecule has 0 bridgehead atoms. The van der Waals surface area contributed by atoms with Gasteiger partial charge in [-0.3, -0.25) is 19.2 Å². The van der Waals surface area contributed by atoms with Gasteiger partial charge in [-0.05, 0) is 39.0 Å². The van der Waals surface area contributed by atoms with Crippen molar-refractivity contribution < 1.29 is 44.0 Å². The highest BCUT2D eigenvalue weighted by molar-refractivity contribution is 9.10. The lowest BCUT2D eigenvalue weighted by atomic mass is 9.67. The molecule has 0 aromatic carbocycles. The van der Waals surface area contributed by atoms with Crippen molar-refractivity contribution in [3.63, 3.8) is 0 Å². The largest absolute Gasteiger partial charge is 0.481 e. The van der Waals surface area contributed by atoms with Crippen LogP contribution in [0.1, 0.15) is 67.7 Å². The van der Waals surface area contributed by atoms with Crippen molar-refractivity contribution in [1.82, 2.24) is 0 Å². The Kier molecular flexibility index (Phi) is 9.89. The maximum absolute atomic E-state index is 12.5. The Labute approximate surface area is 190 Å². The van der Waals surface area contributed by atoms with Gasteiger partial charge in [0.15, 0.2) is 6.10 Å². The van der Waals surface area contributed by atoms with Crippen LogP contribution in [0.15, 0.2) is 0 Å². The molecule has 0 saturated heterocycles. The van der Waals surface area contributed by atoms with Crippen LogP contribution in [0.4, 0.5) is 0 Å². The minimum atomic E-state index is -1.67. The Bertz CT molecular complexity index is 724. The average Bonchev–Trinajstić information content (AvgIpc) is 2.57. The van der Waals surface area contributed by atoms with Crippen molar-refractivity contribution in [3.05, 3.63) is 0 Å². The van der Waals surface area contributed by atoms with E-state index in [0.29, 0.717) is 0 Å². The van der Waals surface area contributed by atoms with E-state index in [0.717, 1.165) is 0 Å². The molecule has 0 rings (SSSR count). The number of aliphatic carboxylic acids is 3. The van der Waals surface area contributed by atoms with Gasteiger partial charge in [-0.25, -0.2) is 4.79 Å². The summed E-state index contributed by atoms with van der Waals surface area (Å²) in [6.45, 7) is 10.6. The van der Waals surface area contributed by atoms with Gasteiger partial charge in [0.05, 0.1) is 11.3 Å². The van der Waals surface area contributed by atoms with Crippen molar-refractivity contribution in [2.75, 3.05) is 0 Å². The van der Waals surface area contributed by atoms with Crippen molar-refractivity contribution >= 4 is 45.6 Å². The second-order valence-electron chi connectivity index (χ2n) is 9.85. The molecule has 0 aliphatic carbocycles. The molecule has 0 aromatic heterocycles. The van der Waals surface area contributed by atoms with Gasteiger partial charge in [0.25, 0.3) is 0 Å². The topological polar surface area (TPSA) is 155 Å². The lowest BCUT2D eigenvalue weighted by molar-refractivity contribution is -0.168. The summed E-state index contributed by atoms with van der Waals surface area (Å²) in [5.74, 6) is -5.87. The molecule has 178 valence electrons. The quantitative estimate of drug-likeness (QED) is 0.250. The predicted molar refractivity (Wildman–Crippen MR) is 115 cm³/mol. The average molecular weight is 509 g/mol. The molecular formula is C21H33BrO9. The van der Waals surface area contributed by atoms with Crippen molar-refractivity contribution in [2.24, 2.45) is 22.2 Å². The summed E-state index contributed by atoms with van der Waals surface area (Å²) < 4.78 is 5.03. The molecule has 0 fully saturated rings. The van der Waals surface area contributed by atoms with E-state index in [1.807, 2.05) is 0 Å². The van der Waals surface area contributed by atoms with Crippen LogP contribution < -0.4 is 0 Å². The minimum absolute atomic E-state index is 0.00848. The maximum atomic E-state index is 12.5. The number of esters is 1. The first-order valence-electron chi connectivity index (χ1n) is 9.79. The zero-order valence-electron chi connectivity index (χ0n) is 19.0. The first-order valence-corrected chi connectivity index (χ1v) is 10.7. The van der Waals surface area contributed by atoms with E-state index < -0.39 is 63.4 Å². The second kappa shape index (κ2) is 10.6. The highest BCUT2D eigenvalue weighted by Gasteiger charge is 2.43. The number of carbonyl (C=O) groups is 5. The highest BCUT2D eigenvalue weighted by Crippen LogP contribution is 2.41. The summed E-state index contributed by atoms with van der Waals surface area (Å²) in [7, 11) is 0. The number of carboxylic acids is 3. The molecule has 3 atom stereocenters. The Balaban J connectivity index is 5.46. The van der Waals surface area contributed by atoms with E-state index in [1.165, 1.54) is 20.8 Å². The van der Waals surface area contributed by atoms with Gasteiger partial charge >= 0.3 is 23.9 Å². The fourth-order valence-corrected chi connectivity index (χ4v) is 3.93. The van der Waals surface area contributed by atoms with Crippen LogP contribution in [0.3, 0.4) is 0 Å². The van der Waals surface area contributed by atoms with Gasteiger partial charge < -0.3 is 20.1 Å². The first-order chi connectivity index (χ1) is 13.7. The number of rotatable bonds is 13. The second-order valence-corrected chi connectivity index (χ2v) is 11.0. The summed E-state index contributed by atoms with van der Waals surface area (Å²) in [5.41, 5.74) is -3.26. The van der Waals surface area contributed by atoms with Gasteiger partial charge in [0.1, 0.15) is 10.6 Å². The summed E-state index contributed by atoms with van der Waals surface area (Å²) in [5, 5.41) is 28.2. The van der Waals surface area contributed by atoms with Crippen LogP contribution >= 0.6 is 15.9 Å². The molecule has 10 heteroatoms. The maximum Gasteiger partial charge on any atom is 0.345 e. The fourth-order valence-electron chi connectivity index (χ4n) is 2.98. The van der Waals surface area contributed by atoms with Gasteiger partial charge in [0, 0.05) is 11.8 Å². The van der Waals surface area contributed by atoms with E-state index in [2.05, 4.69) is 15.9 Å². The summed E-state index contributed by atoms with van der Waals surface area (Å²) in [6.07, 6.45) is -2.05. The molecule has 0 saturated carbocycles. The van der Waals surface area contributed by atoms with Crippen LogP contribution in [0.5, 0.6) is 0 Å². The third kappa shape index (κ3) is 8.59. The molecule has 3 N–H and O–H groups in total. The van der Waals surface area contributed by atoms with Crippen molar-refractivity contribution in [3.8, 4) is 0 Å². The Morgan fingerprint density at radius 2 is 1.29 bits per heavy atom. The smallest absolute Gasteiger partial charge is 0.345 e. The fraction of sp³-hybridized carbons (Fsp3) is 0.762. The molecule has 3 unspecified atom stereocenters. The summed E-state index contributed by atoms with van der Waals surface area (Å²) in [6, 6.07) is 0. The van der Waals surface area contributed by atoms with Gasteiger partial charge in [0.2, 0.25) is 0 Å². The van der Waals surface area contributed by atoms with Gasteiger partial charge in [-0.1, -0.05) is 43.6 Å². The molecule has 0 aromatic rings. The van der Waals surface area contributed by atoms with Crippen molar-refractivity contribution in [2.45, 2.75) is 78.7 Å². The van der Waals surface area contributed by atoms with Crippen LogP contribution in [0.2, 0.25) is 0 Å². The normalized spacial score (nSPS) is 15.5. The molecule has 0 radical (unpaired) electrons. The Hall–Kier alpha value is -1.97. The number of Topliss-reactive ketones (excluding diaryl/α,β-unsaturated/α-hetero) is 1. The number of halogens is 1. The lowest BCUT2D eigenvalue weighted by Gasteiger charge is -2.37. The van der Waals surface area contributed by atoms with Gasteiger partial charge in [-0.15, -0.1) is 0 Å². The van der Waals surface area contributed by atoms with Crippen LogP contribution in [0, 0.1) is 22.2 Å². The van der Waals surface area contributed by atoms with Gasteiger partial charge in [-0.2, -0.15) is 0 Å². The third-order valence-corrected chi connectivity index (χ3v) is 6.38. The number of ketones is 1. The molecule has 0 aliphatic heterocycles. The van der Waals surface area contributed by atoms with E-state index in [4.69, 9.17) is 4.74 Å².